The topological polar surface area (TPSA) is 44.8 Å². The maximum atomic E-state index is 12.2. The third-order valence-corrected chi connectivity index (χ3v) is 4.64. The van der Waals surface area contributed by atoms with Crippen LogP contribution in [0.3, 0.4) is 0 Å². The van der Waals surface area contributed by atoms with Crippen LogP contribution in [-0.2, 0) is 38.6 Å². The maximum Gasteiger partial charge on any atom is 0.305 e. The van der Waals surface area contributed by atoms with Crippen LogP contribution in [0.2, 0.25) is 0 Å². The van der Waals surface area contributed by atoms with Crippen LogP contribution in [0.1, 0.15) is 29.5 Å². The first-order chi connectivity index (χ1) is 14.8. The van der Waals surface area contributed by atoms with Gasteiger partial charge in [0.25, 0.3) is 0 Å². The molecule has 4 nitrogen and oxygen atoms in total. The maximum absolute atomic E-state index is 12.2. The van der Waals surface area contributed by atoms with Gasteiger partial charge in [0.05, 0.1) is 26.2 Å². The minimum Gasteiger partial charge on any atom is -0.465 e. The minimum atomic E-state index is -0.480. The molecule has 156 valence electrons. The standard InChI is InChI=1S/C26H28O4/c27-25(28-19-18-22-10-4-1-5-11-22)16-17-26(29-20-23-12-6-2-7-13-23)30-21-24-14-8-3-9-15-24/h1-15,26H,16-21H2. The van der Waals surface area contributed by atoms with Gasteiger partial charge in [-0.25, -0.2) is 0 Å². The quantitative estimate of drug-likeness (QED) is 0.303. The van der Waals surface area contributed by atoms with E-state index in [0.29, 0.717) is 32.7 Å². The first-order valence-corrected chi connectivity index (χ1v) is 10.3. The molecule has 0 unspecified atom stereocenters. The van der Waals surface area contributed by atoms with E-state index in [-0.39, 0.29) is 12.4 Å². The molecular weight excluding hydrogens is 376 g/mol. The molecule has 0 aliphatic heterocycles. The molecule has 0 heterocycles. The van der Waals surface area contributed by atoms with Crippen LogP contribution in [0.5, 0.6) is 0 Å². The van der Waals surface area contributed by atoms with Crippen molar-refractivity contribution >= 4 is 5.97 Å². The second kappa shape index (κ2) is 12.6. The molecule has 0 spiro atoms. The highest BCUT2D eigenvalue weighted by Crippen LogP contribution is 2.13. The Balaban J connectivity index is 1.44. The van der Waals surface area contributed by atoms with Gasteiger partial charge in [-0.1, -0.05) is 91.0 Å². The van der Waals surface area contributed by atoms with Crippen molar-refractivity contribution < 1.29 is 19.0 Å². The average molecular weight is 405 g/mol. The lowest BCUT2D eigenvalue weighted by Gasteiger charge is -2.19. The first kappa shape index (κ1) is 21.8. The van der Waals surface area contributed by atoms with Crippen molar-refractivity contribution in [3.05, 3.63) is 108 Å². The predicted octanol–water partition coefficient (Wildman–Crippen LogP) is 5.31. The van der Waals surface area contributed by atoms with Crippen molar-refractivity contribution in [2.24, 2.45) is 0 Å². The fourth-order valence-corrected chi connectivity index (χ4v) is 2.98. The van der Waals surface area contributed by atoms with E-state index < -0.39 is 6.29 Å². The molecule has 30 heavy (non-hydrogen) atoms. The predicted molar refractivity (Wildman–Crippen MR) is 117 cm³/mol. The summed E-state index contributed by atoms with van der Waals surface area (Å²) in [5.74, 6) is -0.234. The summed E-state index contributed by atoms with van der Waals surface area (Å²) in [6.07, 6.45) is 0.935. The van der Waals surface area contributed by atoms with Crippen molar-refractivity contribution in [3.63, 3.8) is 0 Å². The molecule has 0 aromatic heterocycles. The molecule has 0 aliphatic rings. The molecule has 0 N–H and O–H groups in total. The fraction of sp³-hybridized carbons (Fsp3) is 0.269. The monoisotopic (exact) mass is 404 g/mol. The average Bonchev–Trinajstić information content (AvgIpc) is 2.80. The van der Waals surface area contributed by atoms with Crippen LogP contribution < -0.4 is 0 Å². The Labute approximate surface area is 178 Å². The summed E-state index contributed by atoms with van der Waals surface area (Å²) in [6.45, 7) is 1.25. The molecule has 3 aromatic carbocycles. The van der Waals surface area contributed by atoms with Gasteiger partial charge in [-0.3, -0.25) is 4.79 Å². The summed E-state index contributed by atoms with van der Waals surface area (Å²) in [7, 11) is 0. The highest BCUT2D eigenvalue weighted by molar-refractivity contribution is 5.69. The van der Waals surface area contributed by atoms with Crippen LogP contribution in [0.4, 0.5) is 0 Å². The van der Waals surface area contributed by atoms with Gasteiger partial charge in [-0.05, 0) is 16.7 Å². The zero-order chi connectivity index (χ0) is 20.9. The van der Waals surface area contributed by atoms with E-state index in [2.05, 4.69) is 0 Å². The van der Waals surface area contributed by atoms with Gasteiger partial charge in [0, 0.05) is 12.8 Å². The molecular formula is C26H28O4. The molecule has 0 aliphatic carbocycles. The number of benzene rings is 3. The Bertz CT molecular complexity index is 806. The van der Waals surface area contributed by atoms with Gasteiger partial charge in [-0.2, -0.15) is 0 Å². The van der Waals surface area contributed by atoms with Crippen LogP contribution >= 0.6 is 0 Å². The second-order valence-corrected chi connectivity index (χ2v) is 7.02. The van der Waals surface area contributed by atoms with Crippen LogP contribution in [0.25, 0.3) is 0 Å². The lowest BCUT2D eigenvalue weighted by atomic mass is 10.2. The van der Waals surface area contributed by atoms with Gasteiger partial charge < -0.3 is 14.2 Å². The molecule has 0 saturated carbocycles. The van der Waals surface area contributed by atoms with E-state index in [4.69, 9.17) is 14.2 Å². The highest BCUT2D eigenvalue weighted by atomic mass is 16.7. The van der Waals surface area contributed by atoms with E-state index >= 15 is 0 Å². The van der Waals surface area contributed by atoms with E-state index in [0.717, 1.165) is 16.7 Å². The summed E-state index contributed by atoms with van der Waals surface area (Å²) >= 11 is 0. The molecule has 4 heteroatoms. The zero-order valence-electron chi connectivity index (χ0n) is 17.1. The molecule has 3 rings (SSSR count). The number of esters is 1. The van der Waals surface area contributed by atoms with Crippen molar-refractivity contribution in [1.29, 1.82) is 0 Å². The number of rotatable bonds is 12. The number of carbonyl (C=O) groups is 1. The first-order valence-electron chi connectivity index (χ1n) is 10.3. The van der Waals surface area contributed by atoms with Gasteiger partial charge in [0.1, 0.15) is 0 Å². The Kier molecular flexibility index (Phi) is 9.12. The van der Waals surface area contributed by atoms with E-state index in [9.17, 15) is 4.79 Å². The minimum absolute atomic E-state index is 0.234. The van der Waals surface area contributed by atoms with Crippen LogP contribution in [-0.4, -0.2) is 18.9 Å². The molecule has 0 atom stereocenters. The largest absolute Gasteiger partial charge is 0.465 e. The smallest absolute Gasteiger partial charge is 0.305 e. The Morgan fingerprint density at radius 1 is 0.667 bits per heavy atom. The van der Waals surface area contributed by atoms with Crippen molar-refractivity contribution in [2.45, 2.75) is 38.8 Å². The van der Waals surface area contributed by atoms with Gasteiger partial charge in [0.15, 0.2) is 6.29 Å². The van der Waals surface area contributed by atoms with Crippen LogP contribution in [0, 0.1) is 0 Å². The molecule has 0 saturated heterocycles. The lowest BCUT2D eigenvalue weighted by Crippen LogP contribution is -2.20. The number of ether oxygens (including phenoxy) is 3. The highest BCUT2D eigenvalue weighted by Gasteiger charge is 2.14. The summed E-state index contributed by atoms with van der Waals surface area (Å²) in [5, 5.41) is 0. The fourth-order valence-electron chi connectivity index (χ4n) is 2.98. The molecule has 3 aromatic rings. The van der Waals surface area contributed by atoms with Gasteiger partial charge in [-0.15, -0.1) is 0 Å². The van der Waals surface area contributed by atoms with E-state index in [1.807, 2.05) is 91.0 Å². The van der Waals surface area contributed by atoms with Gasteiger partial charge in [0.2, 0.25) is 0 Å². The Hall–Kier alpha value is -2.95. The van der Waals surface area contributed by atoms with Crippen LogP contribution in [0.15, 0.2) is 91.0 Å². The number of hydrogen-bond donors (Lipinski definition) is 0. The Morgan fingerprint density at radius 3 is 1.63 bits per heavy atom. The summed E-state index contributed by atoms with van der Waals surface area (Å²) in [5.41, 5.74) is 3.29. The summed E-state index contributed by atoms with van der Waals surface area (Å²) < 4.78 is 17.3. The number of carbonyl (C=O) groups excluding carboxylic acids is 1. The lowest BCUT2D eigenvalue weighted by molar-refractivity contribution is -0.167. The summed E-state index contributed by atoms with van der Waals surface area (Å²) in [6, 6.07) is 29.9. The molecule has 0 bridgehead atoms. The summed E-state index contributed by atoms with van der Waals surface area (Å²) in [4.78, 5) is 12.2. The molecule has 0 radical (unpaired) electrons. The molecule has 0 amide bonds. The zero-order valence-corrected chi connectivity index (χ0v) is 17.1. The second-order valence-electron chi connectivity index (χ2n) is 7.02. The number of hydrogen-bond acceptors (Lipinski definition) is 4. The van der Waals surface area contributed by atoms with E-state index in [1.165, 1.54) is 0 Å². The van der Waals surface area contributed by atoms with Crippen molar-refractivity contribution in [3.8, 4) is 0 Å². The third-order valence-electron chi connectivity index (χ3n) is 4.64. The normalized spacial score (nSPS) is 10.8. The van der Waals surface area contributed by atoms with Gasteiger partial charge >= 0.3 is 5.97 Å². The van der Waals surface area contributed by atoms with Crippen molar-refractivity contribution in [1.82, 2.24) is 0 Å². The SMILES string of the molecule is O=C(CCC(OCc1ccccc1)OCc1ccccc1)OCCc1ccccc1. The van der Waals surface area contributed by atoms with Crippen molar-refractivity contribution in [2.75, 3.05) is 6.61 Å². The van der Waals surface area contributed by atoms with E-state index in [1.54, 1.807) is 0 Å². The Morgan fingerprint density at radius 2 is 1.13 bits per heavy atom. The molecule has 0 fully saturated rings. The third kappa shape index (κ3) is 8.19.